The van der Waals surface area contributed by atoms with Gasteiger partial charge in [-0.25, -0.2) is 0 Å². The van der Waals surface area contributed by atoms with E-state index in [-0.39, 0.29) is 41.3 Å². The van der Waals surface area contributed by atoms with Crippen LogP contribution in [0.4, 0.5) is 0 Å². The Balaban J connectivity index is 1.32. The molecule has 2 aliphatic heterocycles. The van der Waals surface area contributed by atoms with Crippen molar-refractivity contribution in [2.75, 3.05) is 13.2 Å². The van der Waals surface area contributed by atoms with E-state index in [1.165, 1.54) is 5.57 Å². The molecule has 7 heteroatoms. The highest BCUT2D eigenvalue weighted by atomic mass is 16.7. The number of hydrogen-bond donors (Lipinski definition) is 5. The lowest BCUT2D eigenvalue weighted by molar-refractivity contribution is -0.342. The topological polar surface area (TPSA) is 120 Å². The largest absolute Gasteiger partial charge is 0.396 e. The van der Waals surface area contributed by atoms with E-state index in [1.807, 2.05) is 6.92 Å². The fourth-order valence-electron chi connectivity index (χ4n) is 9.81. The Kier molecular flexibility index (Phi) is 5.42. The molecule has 6 aliphatic rings. The first kappa shape index (κ1) is 23.8. The zero-order valence-electron chi connectivity index (χ0n) is 20.6. The van der Waals surface area contributed by atoms with Crippen molar-refractivity contribution in [3.63, 3.8) is 0 Å². The normalized spacial score (nSPS) is 60.8. The summed E-state index contributed by atoms with van der Waals surface area (Å²) < 4.78 is 12.7. The number of fused-ring (bicyclic) bond motifs is 7. The Morgan fingerprint density at radius 2 is 1.85 bits per heavy atom. The van der Waals surface area contributed by atoms with Crippen molar-refractivity contribution in [2.24, 2.45) is 46.3 Å². The second-order valence-electron chi connectivity index (χ2n) is 12.9. The Morgan fingerprint density at radius 3 is 2.59 bits per heavy atom. The minimum Gasteiger partial charge on any atom is -0.396 e. The third kappa shape index (κ3) is 2.84. The third-order valence-electron chi connectivity index (χ3n) is 11.6. The summed E-state index contributed by atoms with van der Waals surface area (Å²) in [5, 5.41) is 53.7. The van der Waals surface area contributed by atoms with Gasteiger partial charge in [-0.15, -0.1) is 0 Å². The molecule has 192 valence electrons. The molecule has 5 fully saturated rings. The monoisotopic (exact) mass is 478 g/mol. The van der Waals surface area contributed by atoms with E-state index in [0.717, 1.165) is 25.7 Å². The Morgan fingerprint density at radius 1 is 1.09 bits per heavy atom. The zero-order valence-corrected chi connectivity index (χ0v) is 20.6. The van der Waals surface area contributed by atoms with E-state index in [0.29, 0.717) is 37.2 Å². The maximum absolute atomic E-state index is 11.1. The number of rotatable bonds is 1. The van der Waals surface area contributed by atoms with Crippen molar-refractivity contribution < 1.29 is 35.0 Å². The molecule has 0 aromatic carbocycles. The predicted molar refractivity (Wildman–Crippen MR) is 123 cm³/mol. The van der Waals surface area contributed by atoms with Gasteiger partial charge in [-0.05, 0) is 55.3 Å². The van der Waals surface area contributed by atoms with Crippen molar-refractivity contribution >= 4 is 0 Å². The summed E-state index contributed by atoms with van der Waals surface area (Å²) in [6.07, 6.45) is 3.95. The van der Waals surface area contributed by atoms with Gasteiger partial charge in [0.2, 0.25) is 5.79 Å². The van der Waals surface area contributed by atoms with Gasteiger partial charge in [0.15, 0.2) is 0 Å². The van der Waals surface area contributed by atoms with Crippen LogP contribution >= 0.6 is 0 Å². The summed E-state index contributed by atoms with van der Waals surface area (Å²) in [6.45, 7) is 6.55. The van der Waals surface area contributed by atoms with Crippen LogP contribution in [0.2, 0.25) is 0 Å². The fourth-order valence-corrected chi connectivity index (χ4v) is 9.81. The smallest absolute Gasteiger partial charge is 0.202 e. The van der Waals surface area contributed by atoms with E-state index in [1.54, 1.807) is 0 Å². The first-order valence-corrected chi connectivity index (χ1v) is 13.4. The third-order valence-corrected chi connectivity index (χ3v) is 11.6. The van der Waals surface area contributed by atoms with E-state index < -0.39 is 30.2 Å². The van der Waals surface area contributed by atoms with Gasteiger partial charge in [0, 0.05) is 29.6 Å². The maximum Gasteiger partial charge on any atom is 0.202 e. The van der Waals surface area contributed by atoms with Gasteiger partial charge in [0.1, 0.15) is 6.10 Å². The molecule has 0 amide bonds. The van der Waals surface area contributed by atoms with Gasteiger partial charge in [-0.2, -0.15) is 0 Å². The highest BCUT2D eigenvalue weighted by molar-refractivity contribution is 5.28. The van der Waals surface area contributed by atoms with Gasteiger partial charge in [0.05, 0.1) is 37.6 Å². The summed E-state index contributed by atoms with van der Waals surface area (Å²) in [6, 6.07) is 0. The lowest BCUT2D eigenvalue weighted by atomic mass is 9.46. The molecular weight excluding hydrogens is 436 g/mol. The SMILES string of the molecule is CC1CO[C@@]2(O[C@H]3C[C@H]4[C@@H]5CC=C6CC(O)CC(O)[C@]6(C)[C@H]5CC[C@]4(C)[C@H]3[C@@H]2CO)C(O)C1O. The van der Waals surface area contributed by atoms with E-state index >= 15 is 0 Å². The van der Waals surface area contributed by atoms with Crippen LogP contribution in [0.1, 0.15) is 59.3 Å². The van der Waals surface area contributed by atoms with Crippen LogP contribution in [-0.2, 0) is 9.47 Å². The molecule has 0 aromatic heterocycles. The number of aliphatic hydroxyl groups excluding tert-OH is 5. The number of allylic oxidation sites excluding steroid dienone is 1. The van der Waals surface area contributed by atoms with Crippen molar-refractivity contribution in [3.05, 3.63) is 11.6 Å². The second-order valence-corrected chi connectivity index (χ2v) is 12.9. The van der Waals surface area contributed by atoms with E-state index in [4.69, 9.17) is 9.47 Å². The van der Waals surface area contributed by atoms with Gasteiger partial charge in [0.25, 0.3) is 0 Å². The Labute approximate surface area is 202 Å². The second kappa shape index (κ2) is 7.73. The number of hydrogen-bond acceptors (Lipinski definition) is 7. The first-order valence-electron chi connectivity index (χ1n) is 13.4. The molecule has 7 nitrogen and oxygen atoms in total. The molecule has 6 rings (SSSR count). The van der Waals surface area contributed by atoms with Crippen LogP contribution in [0.25, 0.3) is 0 Å². The molecule has 5 N–H and O–H groups in total. The molecule has 14 atom stereocenters. The van der Waals surface area contributed by atoms with E-state index in [2.05, 4.69) is 19.9 Å². The Hall–Kier alpha value is -0.540. The summed E-state index contributed by atoms with van der Waals surface area (Å²) in [5.41, 5.74) is 0.871. The van der Waals surface area contributed by atoms with Gasteiger partial charge in [-0.1, -0.05) is 32.4 Å². The van der Waals surface area contributed by atoms with Crippen LogP contribution in [0.3, 0.4) is 0 Å². The van der Waals surface area contributed by atoms with Crippen LogP contribution in [0.15, 0.2) is 11.6 Å². The van der Waals surface area contributed by atoms with Crippen molar-refractivity contribution in [3.8, 4) is 0 Å². The fraction of sp³-hybridized carbons (Fsp3) is 0.926. The lowest BCUT2D eigenvalue weighted by Crippen LogP contribution is -2.63. The lowest BCUT2D eigenvalue weighted by Gasteiger charge is -2.59. The molecule has 0 aromatic rings. The minimum absolute atomic E-state index is 0.0509. The molecule has 0 radical (unpaired) electrons. The highest BCUT2D eigenvalue weighted by Gasteiger charge is 2.72. The van der Waals surface area contributed by atoms with Gasteiger partial charge >= 0.3 is 0 Å². The molecule has 0 bridgehead atoms. The standard InChI is InChI=1S/C27H42O7/c1-13-12-33-27(24(32)23(13)31)19(11-28)22-20(34-27)10-18-16-5-4-14-8-15(29)9-21(30)26(14,3)17(16)6-7-25(18,22)2/h4,13,15-24,28-32H,5-12H2,1-3H3/t13?,15?,16-,17+,18+,19+,20+,21?,22+,23?,24?,25+,26+,27+/m1/s1. The van der Waals surface area contributed by atoms with Gasteiger partial charge < -0.3 is 35.0 Å². The van der Waals surface area contributed by atoms with Crippen molar-refractivity contribution in [1.82, 2.24) is 0 Å². The quantitative estimate of drug-likeness (QED) is 0.363. The highest BCUT2D eigenvalue weighted by Crippen LogP contribution is 2.70. The molecule has 2 heterocycles. The van der Waals surface area contributed by atoms with Crippen molar-refractivity contribution in [2.45, 2.75) is 95.6 Å². The molecular formula is C27H42O7. The average molecular weight is 479 g/mol. The first-order chi connectivity index (χ1) is 16.1. The summed E-state index contributed by atoms with van der Waals surface area (Å²) in [5.74, 6) is -0.686. The zero-order chi connectivity index (χ0) is 24.2. The molecule has 3 saturated carbocycles. The van der Waals surface area contributed by atoms with Crippen molar-refractivity contribution in [1.29, 1.82) is 0 Å². The summed E-state index contributed by atoms with van der Waals surface area (Å²) in [4.78, 5) is 0. The molecule has 4 aliphatic carbocycles. The minimum atomic E-state index is -1.35. The van der Waals surface area contributed by atoms with E-state index in [9.17, 15) is 25.5 Å². The average Bonchev–Trinajstić information content (AvgIpc) is 3.27. The summed E-state index contributed by atoms with van der Waals surface area (Å²) >= 11 is 0. The molecule has 5 unspecified atom stereocenters. The van der Waals surface area contributed by atoms with Crippen LogP contribution in [0.5, 0.6) is 0 Å². The van der Waals surface area contributed by atoms with Crippen LogP contribution < -0.4 is 0 Å². The molecule has 34 heavy (non-hydrogen) atoms. The predicted octanol–water partition coefficient (Wildman–Crippen LogP) is 1.60. The maximum atomic E-state index is 11.1. The van der Waals surface area contributed by atoms with Crippen LogP contribution in [-0.4, -0.2) is 75.1 Å². The van der Waals surface area contributed by atoms with Gasteiger partial charge in [-0.3, -0.25) is 0 Å². The summed E-state index contributed by atoms with van der Waals surface area (Å²) in [7, 11) is 0. The molecule has 2 saturated heterocycles. The number of aliphatic hydroxyl groups is 5. The number of ether oxygens (including phenoxy) is 2. The molecule has 1 spiro atoms. The van der Waals surface area contributed by atoms with Crippen LogP contribution in [0, 0.1) is 46.3 Å². The Bertz CT molecular complexity index is 862.